The summed E-state index contributed by atoms with van der Waals surface area (Å²) in [5.41, 5.74) is -0.0142. The Morgan fingerprint density at radius 3 is 2.00 bits per heavy atom. The van der Waals surface area contributed by atoms with Crippen LogP contribution in [0.1, 0.15) is 71.6 Å². The van der Waals surface area contributed by atoms with Gasteiger partial charge in [-0.05, 0) is 38.8 Å². The van der Waals surface area contributed by atoms with Crippen LogP contribution in [-0.4, -0.2) is 30.8 Å². The van der Waals surface area contributed by atoms with E-state index in [1.165, 1.54) is 64.3 Å². The summed E-state index contributed by atoms with van der Waals surface area (Å²) in [6.45, 7) is 7.84. The molecule has 0 spiro atoms. The fourth-order valence-corrected chi connectivity index (χ4v) is 3.05. The lowest BCUT2D eigenvalue weighted by atomic mass is 9.75. The lowest BCUT2D eigenvalue weighted by Crippen LogP contribution is -2.41. The molecule has 0 bridgehead atoms. The molecule has 2 heteroatoms. The molecule has 0 aromatic heterocycles. The molecule has 0 heterocycles. The predicted molar refractivity (Wildman–Crippen MR) is 77.8 cm³/mol. The van der Waals surface area contributed by atoms with Gasteiger partial charge in [0.1, 0.15) is 6.29 Å². The Morgan fingerprint density at radius 1 is 1.00 bits per heavy atom. The number of carbonyl (C=O) groups is 1. The summed E-state index contributed by atoms with van der Waals surface area (Å²) in [4.78, 5) is 14.1. The maximum absolute atomic E-state index is 11.5. The van der Waals surface area contributed by atoms with Gasteiger partial charge >= 0.3 is 0 Å². The molecule has 18 heavy (non-hydrogen) atoms. The van der Waals surface area contributed by atoms with Gasteiger partial charge < -0.3 is 9.69 Å². The maximum Gasteiger partial charge on any atom is 0.127 e. The van der Waals surface area contributed by atoms with E-state index in [2.05, 4.69) is 18.7 Å². The van der Waals surface area contributed by atoms with E-state index in [9.17, 15) is 4.79 Å². The first-order valence-corrected chi connectivity index (χ1v) is 7.95. The molecule has 0 N–H and O–H groups in total. The molecule has 0 atom stereocenters. The maximum atomic E-state index is 11.5. The number of carbonyl (C=O) groups excluding carboxylic acids is 1. The quantitative estimate of drug-likeness (QED) is 0.578. The highest BCUT2D eigenvalue weighted by molar-refractivity contribution is 5.60. The first kappa shape index (κ1) is 15.7. The third-order valence-corrected chi connectivity index (χ3v) is 4.29. The first-order valence-electron chi connectivity index (χ1n) is 7.95. The highest BCUT2D eigenvalue weighted by atomic mass is 16.1. The van der Waals surface area contributed by atoms with Crippen molar-refractivity contribution < 1.29 is 4.79 Å². The van der Waals surface area contributed by atoms with Gasteiger partial charge in [-0.3, -0.25) is 0 Å². The summed E-state index contributed by atoms with van der Waals surface area (Å²) in [7, 11) is 0. The minimum Gasteiger partial charge on any atom is -0.303 e. The number of rotatable bonds is 9. The average molecular weight is 253 g/mol. The van der Waals surface area contributed by atoms with Gasteiger partial charge in [0.2, 0.25) is 0 Å². The molecule has 0 amide bonds. The summed E-state index contributed by atoms with van der Waals surface area (Å²) in [6, 6.07) is 0. The summed E-state index contributed by atoms with van der Waals surface area (Å²) < 4.78 is 0. The van der Waals surface area contributed by atoms with E-state index < -0.39 is 0 Å². The Labute approximate surface area is 113 Å². The standard InChI is InChI=1S/C16H31NO/c1-3-5-12-17(13-6-4-2)14-16(15-18)10-8-7-9-11-16/h15H,3-14H2,1-2H3. The number of hydrogen-bond donors (Lipinski definition) is 0. The molecule has 0 unspecified atom stereocenters. The summed E-state index contributed by atoms with van der Waals surface area (Å²) in [5, 5.41) is 0. The van der Waals surface area contributed by atoms with Gasteiger partial charge in [-0.25, -0.2) is 0 Å². The molecule has 0 saturated heterocycles. The number of unbranched alkanes of at least 4 members (excludes halogenated alkanes) is 2. The molecule has 0 aromatic carbocycles. The summed E-state index contributed by atoms with van der Waals surface area (Å²) in [6.07, 6.45) is 12.3. The molecule has 106 valence electrons. The van der Waals surface area contributed by atoms with Crippen LogP contribution in [0.2, 0.25) is 0 Å². The van der Waals surface area contributed by atoms with E-state index in [4.69, 9.17) is 0 Å². The average Bonchev–Trinajstić information content (AvgIpc) is 2.43. The van der Waals surface area contributed by atoms with Gasteiger partial charge in [0.25, 0.3) is 0 Å². The van der Waals surface area contributed by atoms with Crippen molar-refractivity contribution in [2.75, 3.05) is 19.6 Å². The molecular formula is C16H31NO. The van der Waals surface area contributed by atoms with Gasteiger partial charge in [0.15, 0.2) is 0 Å². The molecule has 2 nitrogen and oxygen atoms in total. The molecular weight excluding hydrogens is 222 g/mol. The normalized spacial score (nSPS) is 19.1. The topological polar surface area (TPSA) is 20.3 Å². The minimum absolute atomic E-state index is 0.0142. The van der Waals surface area contributed by atoms with E-state index in [0.717, 1.165) is 19.4 Å². The van der Waals surface area contributed by atoms with E-state index in [-0.39, 0.29) is 5.41 Å². The fraction of sp³-hybridized carbons (Fsp3) is 0.938. The zero-order valence-electron chi connectivity index (χ0n) is 12.4. The number of aldehydes is 1. The Bertz CT molecular complexity index is 213. The van der Waals surface area contributed by atoms with Crippen molar-refractivity contribution >= 4 is 6.29 Å². The van der Waals surface area contributed by atoms with E-state index in [0.29, 0.717) is 0 Å². The van der Waals surface area contributed by atoms with Crippen molar-refractivity contribution in [1.82, 2.24) is 4.90 Å². The van der Waals surface area contributed by atoms with Gasteiger partial charge in [0.05, 0.1) is 0 Å². The molecule has 1 saturated carbocycles. The van der Waals surface area contributed by atoms with Crippen molar-refractivity contribution in [3.63, 3.8) is 0 Å². The van der Waals surface area contributed by atoms with Crippen LogP contribution in [0.15, 0.2) is 0 Å². The molecule has 0 aromatic rings. The van der Waals surface area contributed by atoms with E-state index >= 15 is 0 Å². The van der Waals surface area contributed by atoms with Crippen molar-refractivity contribution in [2.24, 2.45) is 5.41 Å². The van der Waals surface area contributed by atoms with Crippen LogP contribution in [0.3, 0.4) is 0 Å². The Hall–Kier alpha value is -0.370. The van der Waals surface area contributed by atoms with Crippen molar-refractivity contribution in [3.8, 4) is 0 Å². The van der Waals surface area contributed by atoms with Crippen LogP contribution in [0.25, 0.3) is 0 Å². The zero-order chi connectivity index (χ0) is 13.3. The van der Waals surface area contributed by atoms with Crippen molar-refractivity contribution in [2.45, 2.75) is 71.6 Å². The molecule has 1 rings (SSSR count). The van der Waals surface area contributed by atoms with Gasteiger partial charge in [0, 0.05) is 12.0 Å². The molecule has 1 fully saturated rings. The minimum atomic E-state index is -0.0142. The van der Waals surface area contributed by atoms with E-state index in [1.54, 1.807) is 0 Å². The third kappa shape index (κ3) is 5.09. The van der Waals surface area contributed by atoms with Crippen LogP contribution < -0.4 is 0 Å². The van der Waals surface area contributed by atoms with Crippen LogP contribution in [0, 0.1) is 5.41 Å². The second-order valence-electron chi connectivity index (χ2n) is 6.02. The monoisotopic (exact) mass is 253 g/mol. The Morgan fingerprint density at radius 2 is 1.56 bits per heavy atom. The van der Waals surface area contributed by atoms with E-state index in [1.807, 2.05) is 0 Å². The van der Waals surface area contributed by atoms with Crippen LogP contribution >= 0.6 is 0 Å². The highest BCUT2D eigenvalue weighted by Crippen LogP contribution is 2.35. The summed E-state index contributed by atoms with van der Waals surface area (Å²) in [5.74, 6) is 0. The summed E-state index contributed by atoms with van der Waals surface area (Å²) >= 11 is 0. The second kappa shape index (κ2) is 8.68. The smallest absolute Gasteiger partial charge is 0.127 e. The third-order valence-electron chi connectivity index (χ3n) is 4.29. The van der Waals surface area contributed by atoms with Crippen LogP contribution in [0.5, 0.6) is 0 Å². The molecule has 1 aliphatic carbocycles. The Balaban J connectivity index is 2.51. The molecule has 0 aliphatic heterocycles. The largest absolute Gasteiger partial charge is 0.303 e. The lowest BCUT2D eigenvalue weighted by Gasteiger charge is -2.37. The fourth-order valence-electron chi connectivity index (χ4n) is 3.05. The van der Waals surface area contributed by atoms with Crippen molar-refractivity contribution in [3.05, 3.63) is 0 Å². The molecule has 0 radical (unpaired) electrons. The Kier molecular flexibility index (Phi) is 7.57. The lowest BCUT2D eigenvalue weighted by molar-refractivity contribution is -0.119. The van der Waals surface area contributed by atoms with Crippen LogP contribution in [-0.2, 0) is 4.79 Å². The zero-order valence-corrected chi connectivity index (χ0v) is 12.4. The number of hydrogen-bond acceptors (Lipinski definition) is 2. The second-order valence-corrected chi connectivity index (χ2v) is 6.02. The van der Waals surface area contributed by atoms with Gasteiger partial charge in [-0.2, -0.15) is 0 Å². The SMILES string of the molecule is CCCCN(CCCC)CC1(C=O)CCCCC1. The highest BCUT2D eigenvalue weighted by Gasteiger charge is 2.33. The van der Waals surface area contributed by atoms with Crippen LogP contribution in [0.4, 0.5) is 0 Å². The van der Waals surface area contributed by atoms with Gasteiger partial charge in [-0.1, -0.05) is 46.0 Å². The van der Waals surface area contributed by atoms with Gasteiger partial charge in [-0.15, -0.1) is 0 Å². The van der Waals surface area contributed by atoms with Crippen molar-refractivity contribution in [1.29, 1.82) is 0 Å². The number of nitrogens with zero attached hydrogens (tertiary/aromatic N) is 1. The first-order chi connectivity index (χ1) is 8.76. The molecule has 1 aliphatic rings. The predicted octanol–water partition coefficient (Wildman–Crippen LogP) is 4.04.